The van der Waals surface area contributed by atoms with Crippen molar-refractivity contribution in [3.63, 3.8) is 0 Å². The molecule has 4 heteroatoms. The predicted octanol–water partition coefficient (Wildman–Crippen LogP) is 2.74. The second-order valence-corrected chi connectivity index (χ2v) is 4.44. The van der Waals surface area contributed by atoms with Crippen LogP contribution >= 0.6 is 0 Å². The minimum Gasteiger partial charge on any atom is -0.364 e. The van der Waals surface area contributed by atoms with E-state index in [-0.39, 0.29) is 6.04 Å². The van der Waals surface area contributed by atoms with Gasteiger partial charge in [-0.05, 0) is 31.2 Å². The number of H-pyrrole nitrogens is 2. The van der Waals surface area contributed by atoms with Crippen molar-refractivity contribution >= 4 is 11.0 Å². The average Bonchev–Trinajstić information content (AvgIpc) is 3.04. The zero-order valence-electron chi connectivity index (χ0n) is 10.3. The fourth-order valence-corrected chi connectivity index (χ4v) is 2.01. The van der Waals surface area contributed by atoms with E-state index in [4.69, 9.17) is 0 Å². The van der Waals surface area contributed by atoms with Crippen LogP contribution in [0.15, 0.2) is 42.6 Å². The van der Waals surface area contributed by atoms with Crippen LogP contribution in [0.25, 0.3) is 11.0 Å². The molecule has 3 rings (SSSR count). The van der Waals surface area contributed by atoms with E-state index in [1.54, 1.807) is 0 Å². The van der Waals surface area contributed by atoms with E-state index in [0.717, 1.165) is 23.4 Å². The van der Waals surface area contributed by atoms with E-state index in [2.05, 4.69) is 33.3 Å². The van der Waals surface area contributed by atoms with Gasteiger partial charge in [0.1, 0.15) is 5.82 Å². The van der Waals surface area contributed by atoms with Gasteiger partial charge in [-0.2, -0.15) is 0 Å². The fourth-order valence-electron chi connectivity index (χ4n) is 2.01. The number of rotatable bonds is 4. The van der Waals surface area contributed by atoms with Crippen molar-refractivity contribution in [1.29, 1.82) is 0 Å². The molecule has 92 valence electrons. The number of nitrogens with zero attached hydrogens (tertiary/aromatic N) is 1. The summed E-state index contributed by atoms with van der Waals surface area (Å²) in [6.45, 7) is 2.92. The molecule has 0 bridgehead atoms. The maximum atomic E-state index is 4.58. The highest BCUT2D eigenvalue weighted by atomic mass is 15.0. The van der Waals surface area contributed by atoms with E-state index in [1.807, 2.05) is 36.5 Å². The minimum atomic E-state index is 0.195. The Morgan fingerprint density at radius 2 is 2.11 bits per heavy atom. The topological polar surface area (TPSA) is 56.5 Å². The third-order valence-electron chi connectivity index (χ3n) is 3.08. The van der Waals surface area contributed by atoms with Crippen LogP contribution in [-0.4, -0.2) is 15.0 Å². The van der Waals surface area contributed by atoms with Crippen LogP contribution in [0, 0.1) is 0 Å². The normalized spacial score (nSPS) is 12.9. The lowest BCUT2D eigenvalue weighted by molar-refractivity contribution is 0.547. The number of hydrogen-bond donors (Lipinski definition) is 3. The first-order valence-corrected chi connectivity index (χ1v) is 6.13. The highest BCUT2D eigenvalue weighted by molar-refractivity contribution is 5.74. The van der Waals surface area contributed by atoms with Crippen molar-refractivity contribution in [3.8, 4) is 0 Å². The second kappa shape index (κ2) is 4.66. The number of aromatic amines is 2. The van der Waals surface area contributed by atoms with E-state index in [0.29, 0.717) is 0 Å². The van der Waals surface area contributed by atoms with E-state index < -0.39 is 0 Å². The third kappa shape index (κ3) is 2.15. The lowest BCUT2D eigenvalue weighted by Crippen LogP contribution is -2.19. The lowest BCUT2D eigenvalue weighted by atomic mass is 10.3. The SMILES string of the molecule is CC(NCc1ccc[nH]1)c1nc2ccccc2[nH]1. The molecule has 18 heavy (non-hydrogen) atoms. The number of aromatic nitrogens is 3. The van der Waals surface area contributed by atoms with Crippen molar-refractivity contribution < 1.29 is 0 Å². The molecule has 0 saturated heterocycles. The van der Waals surface area contributed by atoms with Gasteiger partial charge < -0.3 is 15.3 Å². The monoisotopic (exact) mass is 240 g/mol. The fraction of sp³-hybridized carbons (Fsp3) is 0.214. The molecule has 0 aliphatic carbocycles. The summed E-state index contributed by atoms with van der Waals surface area (Å²) in [7, 11) is 0. The van der Waals surface area contributed by atoms with Crippen molar-refractivity contribution in [2.75, 3.05) is 0 Å². The zero-order chi connectivity index (χ0) is 12.4. The Labute approximate surface area is 105 Å². The number of fused-ring (bicyclic) bond motifs is 1. The first-order chi connectivity index (χ1) is 8.83. The molecule has 0 aliphatic rings. The molecule has 4 nitrogen and oxygen atoms in total. The maximum Gasteiger partial charge on any atom is 0.124 e. The number of imidazole rings is 1. The van der Waals surface area contributed by atoms with E-state index in [9.17, 15) is 0 Å². The molecule has 3 aromatic rings. The standard InChI is InChI=1S/C14H16N4/c1-10(16-9-11-5-4-8-15-11)14-17-12-6-2-3-7-13(12)18-14/h2-8,10,15-16H,9H2,1H3,(H,17,18). The summed E-state index contributed by atoms with van der Waals surface area (Å²) in [5, 5.41) is 3.44. The van der Waals surface area contributed by atoms with Crippen LogP contribution in [0.5, 0.6) is 0 Å². The summed E-state index contributed by atoms with van der Waals surface area (Å²) in [6, 6.07) is 12.4. The Morgan fingerprint density at radius 3 is 2.89 bits per heavy atom. The first kappa shape index (κ1) is 11.0. The largest absolute Gasteiger partial charge is 0.364 e. The molecule has 0 fully saturated rings. The van der Waals surface area contributed by atoms with Gasteiger partial charge in [0.25, 0.3) is 0 Å². The summed E-state index contributed by atoms with van der Waals surface area (Å²) < 4.78 is 0. The summed E-state index contributed by atoms with van der Waals surface area (Å²) in [5.41, 5.74) is 3.28. The molecule has 1 unspecified atom stereocenters. The van der Waals surface area contributed by atoms with Crippen LogP contribution in [0.3, 0.4) is 0 Å². The highest BCUT2D eigenvalue weighted by Crippen LogP contribution is 2.15. The third-order valence-corrected chi connectivity index (χ3v) is 3.08. The molecule has 0 spiro atoms. The van der Waals surface area contributed by atoms with Gasteiger partial charge in [0.15, 0.2) is 0 Å². The Kier molecular flexibility index (Phi) is 2.86. The van der Waals surface area contributed by atoms with Gasteiger partial charge >= 0.3 is 0 Å². The van der Waals surface area contributed by atoms with Gasteiger partial charge in [-0.3, -0.25) is 0 Å². The Bertz CT molecular complexity index is 591. The number of nitrogens with one attached hydrogen (secondary N) is 3. The zero-order valence-corrected chi connectivity index (χ0v) is 10.3. The van der Waals surface area contributed by atoms with Crippen LogP contribution in [0.4, 0.5) is 0 Å². The number of para-hydroxylation sites is 2. The molecule has 3 N–H and O–H groups in total. The van der Waals surface area contributed by atoms with Crippen molar-refractivity contribution in [3.05, 3.63) is 54.1 Å². The minimum absolute atomic E-state index is 0.195. The van der Waals surface area contributed by atoms with Crippen LogP contribution in [-0.2, 0) is 6.54 Å². The Morgan fingerprint density at radius 1 is 1.22 bits per heavy atom. The van der Waals surface area contributed by atoms with E-state index in [1.165, 1.54) is 5.69 Å². The van der Waals surface area contributed by atoms with Crippen molar-refractivity contribution in [2.45, 2.75) is 19.5 Å². The molecule has 0 amide bonds. The molecular formula is C14H16N4. The van der Waals surface area contributed by atoms with E-state index >= 15 is 0 Å². The summed E-state index contributed by atoms with van der Waals surface area (Å²) >= 11 is 0. The summed E-state index contributed by atoms with van der Waals surface area (Å²) in [6.07, 6.45) is 1.93. The Hall–Kier alpha value is -2.07. The van der Waals surface area contributed by atoms with Crippen LogP contribution in [0.2, 0.25) is 0 Å². The summed E-state index contributed by atoms with van der Waals surface area (Å²) in [4.78, 5) is 11.1. The van der Waals surface area contributed by atoms with Crippen LogP contribution < -0.4 is 5.32 Å². The molecule has 1 aromatic carbocycles. The average molecular weight is 240 g/mol. The van der Waals surface area contributed by atoms with Crippen LogP contribution in [0.1, 0.15) is 24.5 Å². The van der Waals surface area contributed by atoms with Gasteiger partial charge in [0.2, 0.25) is 0 Å². The molecule has 0 aliphatic heterocycles. The lowest BCUT2D eigenvalue weighted by Gasteiger charge is -2.10. The smallest absolute Gasteiger partial charge is 0.124 e. The molecular weight excluding hydrogens is 224 g/mol. The van der Waals surface area contributed by atoms with Gasteiger partial charge in [0.05, 0.1) is 17.1 Å². The van der Waals surface area contributed by atoms with Gasteiger partial charge in [-0.15, -0.1) is 0 Å². The summed E-state index contributed by atoms with van der Waals surface area (Å²) in [5.74, 6) is 0.975. The first-order valence-electron chi connectivity index (χ1n) is 6.13. The van der Waals surface area contributed by atoms with Crippen molar-refractivity contribution in [1.82, 2.24) is 20.3 Å². The quantitative estimate of drug-likeness (QED) is 0.656. The highest BCUT2D eigenvalue weighted by Gasteiger charge is 2.09. The maximum absolute atomic E-state index is 4.58. The molecule has 0 radical (unpaired) electrons. The van der Waals surface area contributed by atoms with Gasteiger partial charge in [0, 0.05) is 18.4 Å². The second-order valence-electron chi connectivity index (χ2n) is 4.44. The number of hydrogen-bond acceptors (Lipinski definition) is 2. The van der Waals surface area contributed by atoms with Crippen molar-refractivity contribution in [2.24, 2.45) is 0 Å². The Balaban J connectivity index is 1.73. The molecule has 2 heterocycles. The van der Waals surface area contributed by atoms with Gasteiger partial charge in [-0.25, -0.2) is 4.98 Å². The predicted molar refractivity (Wildman–Crippen MR) is 72.1 cm³/mol. The molecule has 0 saturated carbocycles. The number of benzene rings is 1. The molecule has 1 atom stereocenters. The van der Waals surface area contributed by atoms with Gasteiger partial charge in [-0.1, -0.05) is 12.1 Å². The molecule has 2 aromatic heterocycles.